The summed E-state index contributed by atoms with van der Waals surface area (Å²) >= 11 is 0. The van der Waals surface area contributed by atoms with Gasteiger partial charge >= 0.3 is 0 Å². The van der Waals surface area contributed by atoms with Crippen LogP contribution in [0.15, 0.2) is 47.2 Å². The monoisotopic (exact) mass is 218 g/mol. The van der Waals surface area contributed by atoms with E-state index >= 15 is 0 Å². The summed E-state index contributed by atoms with van der Waals surface area (Å²) in [7, 11) is 0. The molecule has 0 aromatic carbocycles. The maximum absolute atomic E-state index is 5.42. The predicted molar refractivity (Wildman–Crippen MR) is 60.1 cm³/mol. The summed E-state index contributed by atoms with van der Waals surface area (Å²) in [6, 6.07) is 9.42. The van der Waals surface area contributed by atoms with Crippen LogP contribution >= 0.6 is 0 Å². The van der Waals surface area contributed by atoms with Crippen molar-refractivity contribution in [3.63, 3.8) is 0 Å². The maximum Gasteiger partial charge on any atom is 0.213 e. The van der Waals surface area contributed by atoms with Gasteiger partial charge in [-0.15, -0.1) is 0 Å². The van der Waals surface area contributed by atoms with Crippen LogP contribution in [0, 0.1) is 0 Å². The smallest absolute Gasteiger partial charge is 0.213 e. The number of ether oxygens (including phenoxy) is 1. The van der Waals surface area contributed by atoms with Crippen LogP contribution in [0.25, 0.3) is 0 Å². The van der Waals surface area contributed by atoms with Gasteiger partial charge in [0.25, 0.3) is 0 Å². The van der Waals surface area contributed by atoms with Crippen LogP contribution in [-0.4, -0.2) is 18.1 Å². The largest absolute Gasteiger partial charge is 0.476 e. The topological polar surface area (TPSA) is 47.3 Å². The van der Waals surface area contributed by atoms with Gasteiger partial charge < -0.3 is 14.5 Å². The van der Waals surface area contributed by atoms with E-state index in [0.29, 0.717) is 12.5 Å². The molecule has 0 radical (unpaired) electrons. The van der Waals surface area contributed by atoms with Gasteiger partial charge in [-0.1, -0.05) is 6.07 Å². The summed E-state index contributed by atoms with van der Waals surface area (Å²) in [5.74, 6) is 1.58. The minimum absolute atomic E-state index is 0.595. The van der Waals surface area contributed by atoms with Crippen molar-refractivity contribution < 1.29 is 9.15 Å². The molecule has 0 aliphatic heterocycles. The number of nitrogens with one attached hydrogen (secondary N) is 1. The van der Waals surface area contributed by atoms with Crippen molar-refractivity contribution >= 4 is 0 Å². The van der Waals surface area contributed by atoms with Gasteiger partial charge in [-0.2, -0.15) is 0 Å². The van der Waals surface area contributed by atoms with E-state index in [1.807, 2.05) is 30.3 Å². The third kappa shape index (κ3) is 3.40. The fourth-order valence-electron chi connectivity index (χ4n) is 1.28. The van der Waals surface area contributed by atoms with E-state index in [2.05, 4.69) is 10.3 Å². The zero-order chi connectivity index (χ0) is 11.1. The summed E-state index contributed by atoms with van der Waals surface area (Å²) in [6.07, 6.45) is 3.38. The third-order valence-electron chi connectivity index (χ3n) is 2.05. The molecule has 0 amide bonds. The molecule has 2 aromatic heterocycles. The average molecular weight is 218 g/mol. The molecule has 84 valence electrons. The van der Waals surface area contributed by atoms with E-state index < -0.39 is 0 Å². The highest BCUT2D eigenvalue weighted by atomic mass is 16.5. The zero-order valence-electron chi connectivity index (χ0n) is 8.93. The van der Waals surface area contributed by atoms with Crippen LogP contribution in [0.3, 0.4) is 0 Å². The molecule has 16 heavy (non-hydrogen) atoms. The summed E-state index contributed by atoms with van der Waals surface area (Å²) in [6.45, 7) is 2.08. The molecule has 2 heterocycles. The molecule has 4 nitrogen and oxygen atoms in total. The minimum Gasteiger partial charge on any atom is -0.476 e. The SMILES string of the molecule is c1ccc(OCCNCc2ccco2)nc1. The van der Waals surface area contributed by atoms with Crippen LogP contribution in [-0.2, 0) is 6.54 Å². The Bertz CT molecular complexity index is 387. The summed E-state index contributed by atoms with van der Waals surface area (Å²) in [5, 5.41) is 3.21. The lowest BCUT2D eigenvalue weighted by Crippen LogP contribution is -2.20. The summed E-state index contributed by atoms with van der Waals surface area (Å²) in [4.78, 5) is 4.06. The molecule has 0 atom stereocenters. The molecule has 2 aromatic rings. The highest BCUT2D eigenvalue weighted by molar-refractivity contribution is 5.08. The molecular weight excluding hydrogens is 204 g/mol. The van der Waals surface area contributed by atoms with Crippen molar-refractivity contribution in [1.82, 2.24) is 10.3 Å². The van der Waals surface area contributed by atoms with Crippen LogP contribution < -0.4 is 10.1 Å². The Kier molecular flexibility index (Phi) is 3.96. The fourth-order valence-corrected chi connectivity index (χ4v) is 1.28. The Balaban J connectivity index is 1.59. The Morgan fingerprint density at radius 3 is 3.00 bits per heavy atom. The minimum atomic E-state index is 0.595. The van der Waals surface area contributed by atoms with E-state index in [9.17, 15) is 0 Å². The first-order valence-electron chi connectivity index (χ1n) is 5.22. The Labute approximate surface area is 94.3 Å². The van der Waals surface area contributed by atoms with E-state index in [-0.39, 0.29) is 0 Å². The fraction of sp³-hybridized carbons (Fsp3) is 0.250. The van der Waals surface area contributed by atoms with Crippen LogP contribution in [0.4, 0.5) is 0 Å². The highest BCUT2D eigenvalue weighted by Gasteiger charge is 1.95. The van der Waals surface area contributed by atoms with Gasteiger partial charge in [0.1, 0.15) is 12.4 Å². The van der Waals surface area contributed by atoms with Gasteiger partial charge in [-0.25, -0.2) is 4.98 Å². The standard InChI is InChI=1S/C12H14N2O2/c1-2-6-14-12(5-1)16-9-7-13-10-11-4-3-8-15-11/h1-6,8,13H,7,9-10H2. The normalized spacial score (nSPS) is 10.2. The molecular formula is C12H14N2O2. The number of rotatable bonds is 6. The van der Waals surface area contributed by atoms with E-state index in [0.717, 1.165) is 18.8 Å². The second-order valence-corrected chi connectivity index (χ2v) is 3.27. The second-order valence-electron chi connectivity index (χ2n) is 3.27. The number of hydrogen-bond acceptors (Lipinski definition) is 4. The number of furan rings is 1. The van der Waals surface area contributed by atoms with Crippen molar-refractivity contribution in [3.8, 4) is 5.88 Å². The van der Waals surface area contributed by atoms with Gasteiger partial charge in [0.15, 0.2) is 0 Å². The van der Waals surface area contributed by atoms with Crippen LogP contribution in [0.2, 0.25) is 0 Å². The van der Waals surface area contributed by atoms with Gasteiger partial charge in [0.05, 0.1) is 12.8 Å². The molecule has 4 heteroatoms. The molecule has 0 bridgehead atoms. The molecule has 0 aliphatic rings. The lowest BCUT2D eigenvalue weighted by molar-refractivity contribution is 0.300. The zero-order valence-corrected chi connectivity index (χ0v) is 8.93. The van der Waals surface area contributed by atoms with Crippen molar-refractivity contribution in [1.29, 1.82) is 0 Å². The first kappa shape index (κ1) is 10.7. The predicted octanol–water partition coefficient (Wildman–Crippen LogP) is 1.84. The highest BCUT2D eigenvalue weighted by Crippen LogP contribution is 2.02. The van der Waals surface area contributed by atoms with Crippen molar-refractivity contribution in [2.45, 2.75) is 6.54 Å². The number of pyridine rings is 1. The first-order valence-corrected chi connectivity index (χ1v) is 5.22. The van der Waals surface area contributed by atoms with Gasteiger partial charge in [-0.3, -0.25) is 0 Å². The Morgan fingerprint density at radius 2 is 2.25 bits per heavy atom. The average Bonchev–Trinajstić information content (AvgIpc) is 2.83. The third-order valence-corrected chi connectivity index (χ3v) is 2.05. The summed E-state index contributed by atoms with van der Waals surface area (Å²) < 4.78 is 10.6. The Hall–Kier alpha value is -1.81. The molecule has 0 saturated carbocycles. The maximum atomic E-state index is 5.42. The van der Waals surface area contributed by atoms with Crippen LogP contribution in [0.5, 0.6) is 5.88 Å². The molecule has 0 unspecified atom stereocenters. The van der Waals surface area contributed by atoms with Gasteiger partial charge in [0, 0.05) is 18.8 Å². The molecule has 0 spiro atoms. The number of hydrogen-bond donors (Lipinski definition) is 1. The lowest BCUT2D eigenvalue weighted by atomic mass is 10.4. The van der Waals surface area contributed by atoms with E-state index in [4.69, 9.17) is 9.15 Å². The van der Waals surface area contributed by atoms with E-state index in [1.165, 1.54) is 0 Å². The lowest BCUT2D eigenvalue weighted by Gasteiger charge is -2.05. The van der Waals surface area contributed by atoms with Gasteiger partial charge in [0.2, 0.25) is 5.88 Å². The second kappa shape index (κ2) is 5.92. The number of aromatic nitrogens is 1. The number of nitrogens with zero attached hydrogens (tertiary/aromatic N) is 1. The van der Waals surface area contributed by atoms with Crippen molar-refractivity contribution in [2.24, 2.45) is 0 Å². The first-order chi connectivity index (χ1) is 7.95. The molecule has 1 N–H and O–H groups in total. The molecule has 0 aliphatic carbocycles. The molecule has 0 saturated heterocycles. The summed E-state index contributed by atoms with van der Waals surface area (Å²) in [5.41, 5.74) is 0. The van der Waals surface area contributed by atoms with Gasteiger partial charge in [-0.05, 0) is 18.2 Å². The van der Waals surface area contributed by atoms with Crippen molar-refractivity contribution in [3.05, 3.63) is 48.6 Å². The molecule has 0 fully saturated rings. The molecule has 2 rings (SSSR count). The van der Waals surface area contributed by atoms with Crippen LogP contribution in [0.1, 0.15) is 5.76 Å². The van der Waals surface area contributed by atoms with Crippen molar-refractivity contribution in [2.75, 3.05) is 13.2 Å². The van der Waals surface area contributed by atoms with E-state index in [1.54, 1.807) is 12.5 Å². The quantitative estimate of drug-likeness (QED) is 0.751. The Morgan fingerprint density at radius 1 is 1.25 bits per heavy atom.